The summed E-state index contributed by atoms with van der Waals surface area (Å²) in [6, 6.07) is 7.76. The van der Waals surface area contributed by atoms with Crippen LogP contribution in [-0.2, 0) is 11.2 Å². The van der Waals surface area contributed by atoms with E-state index in [0.29, 0.717) is 37.1 Å². The molecule has 1 saturated heterocycles. The first-order chi connectivity index (χ1) is 15.4. The molecule has 2 aliphatic rings. The van der Waals surface area contributed by atoms with Crippen LogP contribution in [0.2, 0.25) is 0 Å². The largest absolute Gasteiger partial charge is 0.493 e. The van der Waals surface area contributed by atoms with E-state index < -0.39 is 6.04 Å². The average molecular weight is 437 g/mol. The first kappa shape index (κ1) is 22.3. The zero-order chi connectivity index (χ0) is 23.0. The van der Waals surface area contributed by atoms with Gasteiger partial charge in [0.1, 0.15) is 6.04 Å². The molecule has 7 nitrogen and oxygen atoms in total. The lowest BCUT2D eigenvalue weighted by atomic mass is 9.88. The molecule has 0 radical (unpaired) electrons. The van der Waals surface area contributed by atoms with Gasteiger partial charge < -0.3 is 20.1 Å². The Hall–Kier alpha value is -2.90. The third kappa shape index (κ3) is 3.87. The molecule has 1 unspecified atom stereocenters. The van der Waals surface area contributed by atoms with Gasteiger partial charge in [-0.1, -0.05) is 17.7 Å². The maximum Gasteiger partial charge on any atom is 0.219 e. The highest BCUT2D eigenvalue weighted by Crippen LogP contribution is 2.40. The van der Waals surface area contributed by atoms with Gasteiger partial charge >= 0.3 is 0 Å². The number of aryl methyl sites for hydroxylation is 3. The number of nitrogens with two attached hydrogens (primary N) is 1. The molecule has 0 saturated carbocycles. The molecule has 0 aromatic heterocycles. The number of methoxy groups -OCH3 is 2. The van der Waals surface area contributed by atoms with Gasteiger partial charge in [-0.05, 0) is 61.6 Å². The van der Waals surface area contributed by atoms with Crippen LogP contribution in [0.4, 0.5) is 5.69 Å². The molecule has 170 valence electrons. The highest BCUT2D eigenvalue weighted by atomic mass is 16.5. The van der Waals surface area contributed by atoms with Gasteiger partial charge in [-0.2, -0.15) is 0 Å². The summed E-state index contributed by atoms with van der Waals surface area (Å²) >= 11 is 0. The normalized spacial score (nSPS) is 19.7. The lowest BCUT2D eigenvalue weighted by Crippen LogP contribution is -2.58. The molecule has 2 aliphatic heterocycles. The first-order valence-corrected chi connectivity index (χ1v) is 11.0. The average Bonchev–Trinajstić information content (AvgIpc) is 2.76. The van der Waals surface area contributed by atoms with Crippen LogP contribution in [0.25, 0.3) is 0 Å². The number of hydrogen-bond donors (Lipinski definition) is 1. The van der Waals surface area contributed by atoms with Crippen molar-refractivity contribution in [2.24, 2.45) is 10.7 Å². The van der Waals surface area contributed by atoms with E-state index in [1.54, 1.807) is 14.2 Å². The second kappa shape index (κ2) is 8.92. The molecule has 7 heteroatoms. The molecule has 0 amide bonds. The smallest absolute Gasteiger partial charge is 0.219 e. The molecular weight excluding hydrogens is 404 g/mol. The van der Waals surface area contributed by atoms with Crippen molar-refractivity contribution in [3.05, 3.63) is 52.1 Å². The number of carbonyl (C=O) groups excluding carboxylic acids is 1. The predicted octanol–water partition coefficient (Wildman–Crippen LogP) is 3.06. The second-order valence-corrected chi connectivity index (χ2v) is 8.61. The summed E-state index contributed by atoms with van der Waals surface area (Å²) in [6.45, 7) is 8.59. The SMILES string of the molecule is COc1cc2c(cc1OC)C1C(=O)C(=Nc3c(C)cc(C)cc3C)N(CCN)CN1CC2. The molecule has 0 bridgehead atoms. The molecule has 1 atom stereocenters. The third-order valence-corrected chi connectivity index (χ3v) is 6.35. The molecule has 2 aromatic rings. The molecule has 1 fully saturated rings. The van der Waals surface area contributed by atoms with Gasteiger partial charge in [-0.15, -0.1) is 0 Å². The van der Waals surface area contributed by atoms with Gasteiger partial charge in [0, 0.05) is 19.6 Å². The van der Waals surface area contributed by atoms with Gasteiger partial charge in [0.2, 0.25) is 5.78 Å². The predicted molar refractivity (Wildman–Crippen MR) is 126 cm³/mol. The zero-order valence-electron chi connectivity index (χ0n) is 19.6. The minimum absolute atomic E-state index is 0.00255. The van der Waals surface area contributed by atoms with Crippen LogP contribution in [0, 0.1) is 20.8 Å². The van der Waals surface area contributed by atoms with Gasteiger partial charge in [-0.25, -0.2) is 4.99 Å². The lowest BCUT2D eigenvalue weighted by molar-refractivity contribution is -0.122. The van der Waals surface area contributed by atoms with Crippen molar-refractivity contribution in [3.63, 3.8) is 0 Å². The lowest BCUT2D eigenvalue weighted by Gasteiger charge is -2.45. The maximum absolute atomic E-state index is 13.9. The Bertz CT molecular complexity index is 1060. The van der Waals surface area contributed by atoms with Gasteiger partial charge in [0.05, 0.1) is 26.6 Å². The van der Waals surface area contributed by atoms with Crippen molar-refractivity contribution in [3.8, 4) is 11.5 Å². The number of ether oxygens (including phenoxy) is 2. The molecule has 4 rings (SSSR count). The van der Waals surface area contributed by atoms with Crippen LogP contribution in [0.15, 0.2) is 29.3 Å². The Labute approximate surface area is 189 Å². The van der Waals surface area contributed by atoms with E-state index in [-0.39, 0.29) is 5.78 Å². The van der Waals surface area contributed by atoms with Crippen molar-refractivity contribution in [1.82, 2.24) is 9.80 Å². The molecule has 2 aromatic carbocycles. The van der Waals surface area contributed by atoms with Gasteiger partial charge in [0.15, 0.2) is 17.3 Å². The van der Waals surface area contributed by atoms with Crippen molar-refractivity contribution in [1.29, 1.82) is 0 Å². The number of ketones is 1. The quantitative estimate of drug-likeness (QED) is 0.776. The Balaban J connectivity index is 1.82. The Morgan fingerprint density at radius 3 is 2.34 bits per heavy atom. The van der Waals surface area contributed by atoms with E-state index >= 15 is 0 Å². The number of carbonyl (C=O) groups is 1. The second-order valence-electron chi connectivity index (χ2n) is 8.61. The number of nitrogens with zero attached hydrogens (tertiary/aromatic N) is 3. The number of hydrogen-bond acceptors (Lipinski definition) is 6. The van der Waals surface area contributed by atoms with Crippen molar-refractivity contribution in [2.45, 2.75) is 33.2 Å². The number of Topliss-reactive ketones (excluding diaryl/α,β-unsaturated/α-hetero) is 1. The van der Waals surface area contributed by atoms with E-state index in [9.17, 15) is 4.79 Å². The molecular formula is C25H32N4O3. The third-order valence-electron chi connectivity index (χ3n) is 6.35. The van der Waals surface area contributed by atoms with Gasteiger partial charge in [0.25, 0.3) is 0 Å². The first-order valence-electron chi connectivity index (χ1n) is 11.0. The Kier molecular flexibility index (Phi) is 6.22. The Morgan fingerprint density at radius 2 is 1.72 bits per heavy atom. The highest BCUT2D eigenvalue weighted by Gasteiger charge is 2.42. The fraction of sp³-hybridized carbons (Fsp3) is 0.440. The zero-order valence-corrected chi connectivity index (χ0v) is 19.6. The topological polar surface area (TPSA) is 80.4 Å². The summed E-state index contributed by atoms with van der Waals surface area (Å²) in [6.07, 6.45) is 0.846. The van der Waals surface area contributed by atoms with Gasteiger partial charge in [-0.3, -0.25) is 9.69 Å². The molecule has 32 heavy (non-hydrogen) atoms. The van der Waals surface area contributed by atoms with E-state index in [4.69, 9.17) is 20.2 Å². The van der Waals surface area contributed by atoms with Crippen molar-refractivity contribution < 1.29 is 14.3 Å². The van der Waals surface area contributed by atoms with E-state index in [1.165, 1.54) is 5.56 Å². The minimum atomic E-state index is -0.391. The number of rotatable bonds is 5. The van der Waals surface area contributed by atoms with E-state index in [1.807, 2.05) is 30.9 Å². The monoisotopic (exact) mass is 436 g/mol. The molecule has 2 heterocycles. The van der Waals surface area contributed by atoms with Crippen LogP contribution < -0.4 is 15.2 Å². The number of fused-ring (bicyclic) bond motifs is 3. The fourth-order valence-corrected chi connectivity index (χ4v) is 4.93. The van der Waals surface area contributed by atoms with Crippen LogP contribution in [0.1, 0.15) is 33.9 Å². The Morgan fingerprint density at radius 1 is 1.06 bits per heavy atom. The number of benzene rings is 2. The van der Waals surface area contributed by atoms with E-state index in [0.717, 1.165) is 40.9 Å². The standard InChI is InChI=1S/C25H32N4O3/c1-15-10-16(2)22(17(3)11-15)27-25-24(30)23-19-13-21(32-5)20(31-4)12-18(19)6-8-28(23)14-29(25)9-7-26/h10-13,23H,6-9,14,26H2,1-5H3. The van der Waals surface area contributed by atoms with Crippen molar-refractivity contribution in [2.75, 3.05) is 40.5 Å². The summed E-state index contributed by atoms with van der Waals surface area (Å²) in [5.74, 6) is 1.80. The summed E-state index contributed by atoms with van der Waals surface area (Å²) in [4.78, 5) is 23.1. The van der Waals surface area contributed by atoms with E-state index in [2.05, 4.69) is 24.0 Å². The summed E-state index contributed by atoms with van der Waals surface area (Å²) in [7, 11) is 3.25. The summed E-state index contributed by atoms with van der Waals surface area (Å²) < 4.78 is 11.0. The fourth-order valence-electron chi connectivity index (χ4n) is 4.93. The maximum atomic E-state index is 13.9. The molecule has 0 aliphatic carbocycles. The highest BCUT2D eigenvalue weighted by molar-refractivity contribution is 6.41. The molecule has 0 spiro atoms. The summed E-state index contributed by atoms with van der Waals surface area (Å²) in [5.41, 5.74) is 12.2. The van der Waals surface area contributed by atoms with Crippen LogP contribution in [0.5, 0.6) is 11.5 Å². The molecule has 2 N–H and O–H groups in total. The number of aliphatic imine (C=N–C) groups is 1. The van der Waals surface area contributed by atoms with Crippen LogP contribution in [-0.4, -0.2) is 61.9 Å². The van der Waals surface area contributed by atoms with Crippen LogP contribution in [0.3, 0.4) is 0 Å². The number of amidine groups is 1. The van der Waals surface area contributed by atoms with Crippen LogP contribution >= 0.6 is 0 Å². The van der Waals surface area contributed by atoms with Crippen molar-refractivity contribution >= 4 is 17.3 Å². The minimum Gasteiger partial charge on any atom is -0.493 e. The summed E-state index contributed by atoms with van der Waals surface area (Å²) in [5, 5.41) is 0.